The number of aliphatic hydroxyl groups excluding tert-OH is 1. The molecule has 2 heterocycles. The maximum atomic E-state index is 10.3. The molecule has 0 radical (unpaired) electrons. The van der Waals surface area contributed by atoms with E-state index < -0.39 is 11.7 Å². The van der Waals surface area contributed by atoms with Crippen LogP contribution in [0.15, 0.2) is 16.8 Å². The Kier molecular flexibility index (Phi) is 3.41. The summed E-state index contributed by atoms with van der Waals surface area (Å²) in [6.07, 6.45) is 0.957. The minimum absolute atomic E-state index is 0.459. The first-order valence-corrected chi connectivity index (χ1v) is 6.06. The van der Waals surface area contributed by atoms with Gasteiger partial charge in [0.1, 0.15) is 11.7 Å². The predicted octanol–water partition coefficient (Wildman–Crippen LogP) is 1.98. The van der Waals surface area contributed by atoms with Crippen molar-refractivity contribution in [2.75, 3.05) is 20.3 Å². The number of aliphatic hydroxyl groups is 1. The Labute approximate surface area is 93.6 Å². The van der Waals surface area contributed by atoms with Crippen molar-refractivity contribution >= 4 is 11.3 Å². The van der Waals surface area contributed by atoms with Crippen molar-refractivity contribution in [1.29, 1.82) is 0 Å². The van der Waals surface area contributed by atoms with Gasteiger partial charge in [-0.25, -0.2) is 0 Å². The van der Waals surface area contributed by atoms with Gasteiger partial charge >= 0.3 is 0 Å². The molecule has 0 saturated carbocycles. The molecular formula is C11H16O3S. The van der Waals surface area contributed by atoms with Crippen molar-refractivity contribution in [3.05, 3.63) is 22.4 Å². The zero-order valence-corrected chi connectivity index (χ0v) is 9.63. The summed E-state index contributed by atoms with van der Waals surface area (Å²) < 4.78 is 10.8. The normalized spacial score (nSPS) is 22.5. The van der Waals surface area contributed by atoms with Gasteiger partial charge in [0.05, 0.1) is 0 Å². The van der Waals surface area contributed by atoms with Crippen LogP contribution in [0.25, 0.3) is 0 Å². The van der Waals surface area contributed by atoms with Crippen LogP contribution in [0, 0.1) is 0 Å². The van der Waals surface area contributed by atoms with E-state index in [-0.39, 0.29) is 0 Å². The van der Waals surface area contributed by atoms with Gasteiger partial charge in [-0.05, 0) is 22.4 Å². The number of hydrogen-bond donors (Lipinski definition) is 1. The lowest BCUT2D eigenvalue weighted by Crippen LogP contribution is -2.43. The molecule has 4 heteroatoms. The van der Waals surface area contributed by atoms with Crippen molar-refractivity contribution in [3.63, 3.8) is 0 Å². The van der Waals surface area contributed by atoms with E-state index in [1.165, 1.54) is 0 Å². The van der Waals surface area contributed by atoms with Crippen LogP contribution >= 0.6 is 11.3 Å². The van der Waals surface area contributed by atoms with Crippen molar-refractivity contribution in [2.45, 2.75) is 24.5 Å². The second-order valence-corrected chi connectivity index (χ2v) is 4.62. The number of rotatable bonds is 3. The quantitative estimate of drug-likeness (QED) is 0.859. The lowest BCUT2D eigenvalue weighted by Gasteiger charge is -2.39. The fraction of sp³-hybridized carbons (Fsp3) is 0.636. The second-order valence-electron chi connectivity index (χ2n) is 3.84. The monoisotopic (exact) mass is 228 g/mol. The number of ether oxygens (including phenoxy) is 2. The van der Waals surface area contributed by atoms with Crippen LogP contribution in [0.3, 0.4) is 0 Å². The molecule has 15 heavy (non-hydrogen) atoms. The van der Waals surface area contributed by atoms with Gasteiger partial charge in [-0.1, -0.05) is 0 Å². The van der Waals surface area contributed by atoms with E-state index in [9.17, 15) is 5.11 Å². The molecule has 1 atom stereocenters. The molecule has 1 aromatic rings. The minimum Gasteiger partial charge on any atom is -0.385 e. The zero-order chi connectivity index (χ0) is 10.7. The van der Waals surface area contributed by atoms with Crippen LogP contribution in [0.2, 0.25) is 0 Å². The average Bonchev–Trinajstić information content (AvgIpc) is 2.82. The van der Waals surface area contributed by atoms with E-state index in [1.807, 2.05) is 16.8 Å². The number of thiophene rings is 1. The van der Waals surface area contributed by atoms with Crippen molar-refractivity contribution in [3.8, 4) is 0 Å². The summed E-state index contributed by atoms with van der Waals surface area (Å²) in [4.78, 5) is 0. The van der Waals surface area contributed by atoms with Crippen molar-refractivity contribution in [2.24, 2.45) is 0 Å². The van der Waals surface area contributed by atoms with Gasteiger partial charge in [0, 0.05) is 33.2 Å². The lowest BCUT2D eigenvalue weighted by atomic mass is 9.85. The van der Waals surface area contributed by atoms with Crippen LogP contribution in [-0.2, 0) is 9.47 Å². The Morgan fingerprint density at radius 1 is 1.53 bits per heavy atom. The number of hydrogen-bond acceptors (Lipinski definition) is 4. The van der Waals surface area contributed by atoms with Gasteiger partial charge < -0.3 is 14.6 Å². The average molecular weight is 228 g/mol. The summed E-state index contributed by atoms with van der Waals surface area (Å²) in [6, 6.07) is 1.95. The van der Waals surface area contributed by atoms with Crippen molar-refractivity contribution in [1.82, 2.24) is 0 Å². The standard InChI is InChI=1S/C11H16O3S/c1-13-11(3-5-14-6-4-11)10(12)9-2-7-15-8-9/h2,7-8,10,12H,3-6H2,1H3. The molecule has 0 bridgehead atoms. The molecule has 0 aliphatic carbocycles. The Morgan fingerprint density at radius 2 is 2.27 bits per heavy atom. The fourth-order valence-corrected chi connectivity index (χ4v) is 2.72. The molecule has 1 aromatic heterocycles. The molecular weight excluding hydrogens is 212 g/mol. The summed E-state index contributed by atoms with van der Waals surface area (Å²) in [5, 5.41) is 14.3. The number of methoxy groups -OCH3 is 1. The molecule has 1 aliphatic rings. The van der Waals surface area contributed by atoms with Gasteiger partial charge in [-0.15, -0.1) is 0 Å². The van der Waals surface area contributed by atoms with Crippen molar-refractivity contribution < 1.29 is 14.6 Å². The van der Waals surface area contributed by atoms with E-state index in [0.717, 1.165) is 18.4 Å². The van der Waals surface area contributed by atoms with Crippen LogP contribution in [0.4, 0.5) is 0 Å². The molecule has 0 spiro atoms. The molecule has 1 aliphatic heterocycles. The highest BCUT2D eigenvalue weighted by molar-refractivity contribution is 7.07. The Bertz CT molecular complexity index is 291. The van der Waals surface area contributed by atoms with E-state index in [4.69, 9.17) is 9.47 Å². The lowest BCUT2D eigenvalue weighted by molar-refractivity contribution is -0.154. The van der Waals surface area contributed by atoms with Crippen LogP contribution in [0.1, 0.15) is 24.5 Å². The first-order valence-electron chi connectivity index (χ1n) is 5.11. The second kappa shape index (κ2) is 4.61. The Hall–Kier alpha value is -0.420. The first kappa shape index (κ1) is 11.1. The first-order chi connectivity index (χ1) is 7.28. The molecule has 1 fully saturated rings. The van der Waals surface area contributed by atoms with Crippen LogP contribution in [-0.4, -0.2) is 31.0 Å². The SMILES string of the molecule is COC1(C(O)c2ccsc2)CCOCC1. The Morgan fingerprint density at radius 3 is 2.80 bits per heavy atom. The topological polar surface area (TPSA) is 38.7 Å². The highest BCUT2D eigenvalue weighted by atomic mass is 32.1. The summed E-state index contributed by atoms with van der Waals surface area (Å²) >= 11 is 1.59. The van der Waals surface area contributed by atoms with E-state index in [0.29, 0.717) is 13.2 Å². The minimum atomic E-state index is -0.544. The molecule has 1 saturated heterocycles. The smallest absolute Gasteiger partial charge is 0.109 e. The highest BCUT2D eigenvalue weighted by Gasteiger charge is 2.40. The summed E-state index contributed by atoms with van der Waals surface area (Å²) in [6.45, 7) is 1.32. The molecule has 1 N–H and O–H groups in total. The van der Waals surface area contributed by atoms with Crippen LogP contribution < -0.4 is 0 Å². The maximum absolute atomic E-state index is 10.3. The van der Waals surface area contributed by atoms with Gasteiger partial charge in [-0.2, -0.15) is 11.3 Å². The molecule has 1 unspecified atom stereocenters. The highest BCUT2D eigenvalue weighted by Crippen LogP contribution is 2.37. The van der Waals surface area contributed by atoms with Gasteiger partial charge in [-0.3, -0.25) is 0 Å². The van der Waals surface area contributed by atoms with E-state index >= 15 is 0 Å². The third kappa shape index (κ3) is 2.08. The molecule has 2 rings (SSSR count). The molecule has 0 amide bonds. The van der Waals surface area contributed by atoms with E-state index in [1.54, 1.807) is 18.4 Å². The summed E-state index contributed by atoms with van der Waals surface area (Å²) in [5.41, 5.74) is 0.489. The molecule has 84 valence electrons. The zero-order valence-electron chi connectivity index (χ0n) is 8.81. The van der Waals surface area contributed by atoms with Gasteiger partial charge in [0.25, 0.3) is 0 Å². The van der Waals surface area contributed by atoms with E-state index in [2.05, 4.69) is 0 Å². The molecule has 3 nitrogen and oxygen atoms in total. The van der Waals surface area contributed by atoms with Gasteiger partial charge in [0.2, 0.25) is 0 Å². The fourth-order valence-electron chi connectivity index (χ4n) is 2.04. The predicted molar refractivity (Wildman–Crippen MR) is 59.1 cm³/mol. The molecule has 0 aromatic carbocycles. The largest absolute Gasteiger partial charge is 0.385 e. The summed E-state index contributed by atoms with van der Waals surface area (Å²) in [7, 11) is 1.67. The Balaban J connectivity index is 2.18. The third-order valence-corrected chi connectivity index (χ3v) is 3.80. The van der Waals surface area contributed by atoms with Crippen LogP contribution in [0.5, 0.6) is 0 Å². The van der Waals surface area contributed by atoms with Gasteiger partial charge in [0.15, 0.2) is 0 Å². The summed E-state index contributed by atoms with van der Waals surface area (Å²) in [5.74, 6) is 0. The third-order valence-electron chi connectivity index (χ3n) is 3.10. The maximum Gasteiger partial charge on any atom is 0.109 e.